The number of benzene rings is 1. The molecule has 4 nitrogen and oxygen atoms in total. The number of ether oxygens (including phenoxy) is 2. The molecule has 0 heterocycles. The fraction of sp³-hybridized carbons (Fsp3) is 0.250. The molecule has 0 aliphatic heterocycles. The van der Waals surface area contributed by atoms with E-state index in [0.717, 1.165) is 0 Å². The molecule has 0 aromatic heterocycles. The summed E-state index contributed by atoms with van der Waals surface area (Å²) in [6, 6.07) is 6.44. The van der Waals surface area contributed by atoms with Crippen molar-refractivity contribution in [2.45, 2.75) is 13.8 Å². The third-order valence-electron chi connectivity index (χ3n) is 2.46. The molecule has 0 atom stereocenters. The van der Waals surface area contributed by atoms with Gasteiger partial charge in [0.2, 0.25) is 0 Å². The van der Waals surface area contributed by atoms with Gasteiger partial charge in [0, 0.05) is 0 Å². The first-order valence-corrected chi connectivity index (χ1v) is 6.36. The van der Waals surface area contributed by atoms with Gasteiger partial charge in [0.1, 0.15) is 13.2 Å². The average molecular weight is 274 g/mol. The molecule has 0 N–H and O–H groups in total. The smallest absolute Gasteiger partial charge is 0.339 e. The Hall–Kier alpha value is -2.36. The summed E-state index contributed by atoms with van der Waals surface area (Å²) >= 11 is 0. The Morgan fingerprint density at radius 3 is 1.65 bits per heavy atom. The first-order valence-electron chi connectivity index (χ1n) is 6.36. The fourth-order valence-electron chi connectivity index (χ4n) is 1.43. The van der Waals surface area contributed by atoms with Crippen LogP contribution in [0.4, 0.5) is 0 Å². The van der Waals surface area contributed by atoms with E-state index in [0.29, 0.717) is 0 Å². The summed E-state index contributed by atoms with van der Waals surface area (Å²) in [5, 5.41) is 0. The van der Waals surface area contributed by atoms with E-state index in [9.17, 15) is 9.59 Å². The van der Waals surface area contributed by atoms with Crippen LogP contribution in [0.3, 0.4) is 0 Å². The molecule has 1 aromatic rings. The van der Waals surface area contributed by atoms with Gasteiger partial charge in [-0.2, -0.15) is 0 Å². The highest BCUT2D eigenvalue weighted by atomic mass is 16.5. The normalized spacial score (nSPS) is 10.9. The van der Waals surface area contributed by atoms with Crippen LogP contribution in [-0.2, 0) is 9.47 Å². The second-order valence-electron chi connectivity index (χ2n) is 3.88. The summed E-state index contributed by atoms with van der Waals surface area (Å²) in [5.41, 5.74) is 0.421. The number of carbonyl (C=O) groups is 2. The summed E-state index contributed by atoms with van der Waals surface area (Å²) in [4.78, 5) is 23.8. The molecule has 0 spiro atoms. The van der Waals surface area contributed by atoms with E-state index in [-0.39, 0.29) is 24.3 Å². The first-order chi connectivity index (χ1) is 9.70. The highest BCUT2D eigenvalue weighted by Crippen LogP contribution is 2.12. The first kappa shape index (κ1) is 15.7. The maximum absolute atomic E-state index is 11.9. The molecule has 0 aliphatic carbocycles. The standard InChI is InChI=1S/C16H18O4/c1-3-5-11-19-15(17)13-9-7-8-10-14(13)16(18)20-12-6-4-2/h3-10H,11-12H2,1-2H3. The summed E-state index contributed by atoms with van der Waals surface area (Å²) in [6.07, 6.45) is 6.99. The van der Waals surface area contributed by atoms with Crippen LogP contribution in [0.5, 0.6) is 0 Å². The summed E-state index contributed by atoms with van der Waals surface area (Å²) < 4.78 is 10.1. The van der Waals surface area contributed by atoms with Gasteiger partial charge in [0.25, 0.3) is 0 Å². The lowest BCUT2D eigenvalue weighted by Crippen LogP contribution is -2.14. The fourth-order valence-corrected chi connectivity index (χ4v) is 1.43. The number of hydrogen-bond acceptors (Lipinski definition) is 4. The number of carbonyl (C=O) groups excluding carboxylic acids is 2. The van der Waals surface area contributed by atoms with E-state index in [1.54, 1.807) is 48.6 Å². The second kappa shape index (κ2) is 8.69. The highest BCUT2D eigenvalue weighted by molar-refractivity contribution is 6.03. The van der Waals surface area contributed by atoms with Crippen molar-refractivity contribution in [1.29, 1.82) is 0 Å². The van der Waals surface area contributed by atoms with Crippen LogP contribution < -0.4 is 0 Å². The molecular weight excluding hydrogens is 256 g/mol. The van der Waals surface area contributed by atoms with Crippen molar-refractivity contribution < 1.29 is 19.1 Å². The van der Waals surface area contributed by atoms with E-state index in [1.807, 2.05) is 13.8 Å². The average Bonchev–Trinajstić information content (AvgIpc) is 2.47. The third kappa shape index (κ3) is 4.72. The van der Waals surface area contributed by atoms with Crippen molar-refractivity contribution in [2.24, 2.45) is 0 Å². The van der Waals surface area contributed by atoms with Crippen molar-refractivity contribution in [3.8, 4) is 0 Å². The minimum Gasteiger partial charge on any atom is -0.458 e. The quantitative estimate of drug-likeness (QED) is 0.590. The molecule has 0 unspecified atom stereocenters. The van der Waals surface area contributed by atoms with Crippen LogP contribution in [0.25, 0.3) is 0 Å². The molecule has 0 radical (unpaired) electrons. The van der Waals surface area contributed by atoms with Gasteiger partial charge in [-0.15, -0.1) is 0 Å². The van der Waals surface area contributed by atoms with Gasteiger partial charge in [-0.25, -0.2) is 9.59 Å². The van der Waals surface area contributed by atoms with Crippen LogP contribution >= 0.6 is 0 Å². The maximum Gasteiger partial charge on any atom is 0.339 e. The van der Waals surface area contributed by atoms with E-state index >= 15 is 0 Å². The molecule has 1 rings (SSSR count). The number of esters is 2. The van der Waals surface area contributed by atoms with Gasteiger partial charge >= 0.3 is 11.9 Å². The van der Waals surface area contributed by atoms with E-state index < -0.39 is 11.9 Å². The highest BCUT2D eigenvalue weighted by Gasteiger charge is 2.18. The van der Waals surface area contributed by atoms with Crippen molar-refractivity contribution in [2.75, 3.05) is 13.2 Å². The molecule has 106 valence electrons. The lowest BCUT2D eigenvalue weighted by Gasteiger charge is -2.08. The Balaban J connectivity index is 2.81. The van der Waals surface area contributed by atoms with Crippen molar-refractivity contribution in [3.05, 3.63) is 59.7 Å². The lowest BCUT2D eigenvalue weighted by atomic mass is 10.1. The predicted octanol–water partition coefficient (Wildman–Crippen LogP) is 3.15. The molecule has 0 amide bonds. The van der Waals surface area contributed by atoms with Crippen LogP contribution in [0.15, 0.2) is 48.6 Å². The van der Waals surface area contributed by atoms with Gasteiger partial charge in [-0.05, 0) is 26.0 Å². The van der Waals surface area contributed by atoms with Gasteiger partial charge in [-0.3, -0.25) is 0 Å². The van der Waals surface area contributed by atoms with E-state index in [1.165, 1.54) is 0 Å². The van der Waals surface area contributed by atoms with Crippen LogP contribution in [-0.4, -0.2) is 25.2 Å². The van der Waals surface area contributed by atoms with Crippen molar-refractivity contribution in [3.63, 3.8) is 0 Å². The number of allylic oxidation sites excluding steroid dienone is 2. The Labute approximate surface area is 118 Å². The molecule has 4 heteroatoms. The Bertz CT molecular complexity index is 468. The number of hydrogen-bond donors (Lipinski definition) is 0. The minimum atomic E-state index is -0.540. The summed E-state index contributed by atoms with van der Waals surface area (Å²) in [7, 11) is 0. The molecule has 0 saturated carbocycles. The van der Waals surface area contributed by atoms with E-state index in [4.69, 9.17) is 9.47 Å². The summed E-state index contributed by atoms with van der Waals surface area (Å²) in [6.45, 7) is 4.02. The van der Waals surface area contributed by atoms with Crippen LogP contribution in [0, 0.1) is 0 Å². The molecule has 1 aromatic carbocycles. The molecule has 0 saturated heterocycles. The molecular formula is C16H18O4. The predicted molar refractivity (Wildman–Crippen MR) is 76.6 cm³/mol. The Morgan fingerprint density at radius 2 is 1.30 bits per heavy atom. The number of rotatable bonds is 6. The zero-order valence-corrected chi connectivity index (χ0v) is 11.7. The Morgan fingerprint density at radius 1 is 0.900 bits per heavy atom. The monoisotopic (exact) mass is 274 g/mol. The SMILES string of the molecule is CC=CCOC(=O)c1ccccc1C(=O)OCC=CC. The van der Waals surface area contributed by atoms with Crippen LogP contribution in [0.2, 0.25) is 0 Å². The molecule has 20 heavy (non-hydrogen) atoms. The zero-order valence-electron chi connectivity index (χ0n) is 11.7. The third-order valence-corrected chi connectivity index (χ3v) is 2.46. The molecule has 0 aliphatic rings. The van der Waals surface area contributed by atoms with Crippen LogP contribution in [0.1, 0.15) is 34.6 Å². The lowest BCUT2D eigenvalue weighted by molar-refractivity contribution is 0.0502. The second-order valence-corrected chi connectivity index (χ2v) is 3.88. The minimum absolute atomic E-state index is 0.178. The van der Waals surface area contributed by atoms with Gasteiger partial charge in [-0.1, -0.05) is 36.4 Å². The largest absolute Gasteiger partial charge is 0.458 e. The van der Waals surface area contributed by atoms with Gasteiger partial charge in [0.05, 0.1) is 11.1 Å². The topological polar surface area (TPSA) is 52.6 Å². The zero-order chi connectivity index (χ0) is 14.8. The van der Waals surface area contributed by atoms with E-state index in [2.05, 4.69) is 0 Å². The van der Waals surface area contributed by atoms with Gasteiger partial charge < -0.3 is 9.47 Å². The summed E-state index contributed by atoms with van der Waals surface area (Å²) in [5.74, 6) is -1.08. The maximum atomic E-state index is 11.9. The molecule has 0 bridgehead atoms. The Kier molecular flexibility index (Phi) is 6.82. The van der Waals surface area contributed by atoms with Crippen molar-refractivity contribution >= 4 is 11.9 Å². The molecule has 0 fully saturated rings. The van der Waals surface area contributed by atoms with Crippen molar-refractivity contribution in [1.82, 2.24) is 0 Å². The van der Waals surface area contributed by atoms with Gasteiger partial charge in [0.15, 0.2) is 0 Å².